The minimum absolute atomic E-state index is 0.383. The Hall–Kier alpha value is -1.79. The SMILES string of the molecule is Cn1nnnc1C(O)C(N)Cc1ccccc1. The molecule has 0 amide bonds. The number of benzene rings is 1. The molecule has 0 saturated carbocycles. The van der Waals surface area contributed by atoms with Gasteiger partial charge in [-0.05, 0) is 22.4 Å². The number of hydrogen-bond donors (Lipinski definition) is 2. The van der Waals surface area contributed by atoms with E-state index in [-0.39, 0.29) is 0 Å². The number of hydrogen-bond acceptors (Lipinski definition) is 5. The fourth-order valence-electron chi connectivity index (χ4n) is 1.68. The van der Waals surface area contributed by atoms with Gasteiger partial charge >= 0.3 is 0 Å². The third kappa shape index (κ3) is 2.66. The Kier molecular flexibility index (Phi) is 3.46. The van der Waals surface area contributed by atoms with Crippen LogP contribution in [0.4, 0.5) is 0 Å². The molecule has 0 aliphatic rings. The summed E-state index contributed by atoms with van der Waals surface area (Å²) >= 11 is 0. The van der Waals surface area contributed by atoms with Crippen molar-refractivity contribution in [2.75, 3.05) is 0 Å². The predicted molar refractivity (Wildman–Crippen MR) is 61.9 cm³/mol. The van der Waals surface area contributed by atoms with Crippen LogP contribution in [-0.4, -0.2) is 31.4 Å². The molecule has 2 aromatic rings. The van der Waals surface area contributed by atoms with Crippen molar-refractivity contribution in [1.82, 2.24) is 20.2 Å². The van der Waals surface area contributed by atoms with Crippen molar-refractivity contribution in [1.29, 1.82) is 0 Å². The molecule has 2 unspecified atom stereocenters. The van der Waals surface area contributed by atoms with Crippen LogP contribution >= 0.6 is 0 Å². The smallest absolute Gasteiger partial charge is 0.181 e. The second kappa shape index (κ2) is 5.03. The van der Waals surface area contributed by atoms with Crippen molar-refractivity contribution in [3.8, 4) is 0 Å². The minimum atomic E-state index is -0.866. The second-order valence-corrected chi connectivity index (χ2v) is 3.96. The number of aliphatic hydroxyl groups is 1. The first-order chi connectivity index (χ1) is 8.18. The maximum Gasteiger partial charge on any atom is 0.181 e. The molecule has 0 radical (unpaired) electrons. The van der Waals surface area contributed by atoms with Crippen LogP contribution < -0.4 is 5.73 Å². The quantitative estimate of drug-likeness (QED) is 0.764. The maximum atomic E-state index is 10.0. The molecule has 3 N–H and O–H groups in total. The summed E-state index contributed by atoms with van der Waals surface area (Å²) in [6.07, 6.45) is -0.287. The van der Waals surface area contributed by atoms with E-state index in [9.17, 15) is 5.11 Å². The fourth-order valence-corrected chi connectivity index (χ4v) is 1.68. The second-order valence-electron chi connectivity index (χ2n) is 3.96. The van der Waals surface area contributed by atoms with Crippen molar-refractivity contribution < 1.29 is 5.11 Å². The number of aromatic nitrogens is 4. The number of aryl methyl sites for hydroxylation is 1. The third-order valence-corrected chi connectivity index (χ3v) is 2.64. The fraction of sp³-hybridized carbons (Fsp3) is 0.364. The van der Waals surface area contributed by atoms with Crippen LogP contribution in [-0.2, 0) is 13.5 Å². The summed E-state index contributed by atoms with van der Waals surface area (Å²) in [4.78, 5) is 0. The number of aliphatic hydroxyl groups excluding tert-OH is 1. The van der Waals surface area contributed by atoms with E-state index in [1.54, 1.807) is 7.05 Å². The Morgan fingerprint density at radius 1 is 1.35 bits per heavy atom. The van der Waals surface area contributed by atoms with Crippen LogP contribution in [0.1, 0.15) is 17.5 Å². The lowest BCUT2D eigenvalue weighted by atomic mass is 10.0. The largest absolute Gasteiger partial charge is 0.383 e. The van der Waals surface area contributed by atoms with Gasteiger partial charge in [0.15, 0.2) is 5.82 Å². The molecule has 90 valence electrons. The molecule has 17 heavy (non-hydrogen) atoms. The van der Waals surface area contributed by atoms with Gasteiger partial charge in [-0.1, -0.05) is 30.3 Å². The van der Waals surface area contributed by atoms with Gasteiger partial charge in [-0.2, -0.15) is 0 Å². The van der Waals surface area contributed by atoms with E-state index in [1.165, 1.54) is 4.68 Å². The predicted octanol–water partition coefficient (Wildman–Crippen LogP) is -0.187. The van der Waals surface area contributed by atoms with Gasteiger partial charge in [0, 0.05) is 13.1 Å². The Labute approximate surface area is 99.1 Å². The summed E-state index contributed by atoms with van der Waals surface area (Å²) in [5.41, 5.74) is 7.03. The molecular weight excluding hydrogens is 218 g/mol. The zero-order valence-electron chi connectivity index (χ0n) is 9.56. The van der Waals surface area contributed by atoms with E-state index in [2.05, 4.69) is 15.5 Å². The highest BCUT2D eigenvalue weighted by molar-refractivity contribution is 5.16. The van der Waals surface area contributed by atoms with E-state index >= 15 is 0 Å². The van der Waals surface area contributed by atoms with E-state index in [0.29, 0.717) is 12.2 Å². The van der Waals surface area contributed by atoms with Gasteiger partial charge in [-0.15, -0.1) is 5.10 Å². The van der Waals surface area contributed by atoms with Gasteiger partial charge in [0.25, 0.3) is 0 Å². The number of nitrogens with zero attached hydrogens (tertiary/aromatic N) is 4. The summed E-state index contributed by atoms with van der Waals surface area (Å²) in [7, 11) is 1.67. The molecular formula is C11H15N5O. The van der Waals surface area contributed by atoms with Gasteiger partial charge in [-0.3, -0.25) is 0 Å². The molecule has 2 rings (SSSR count). The molecule has 6 nitrogen and oxygen atoms in total. The molecule has 0 saturated heterocycles. The normalized spacial score (nSPS) is 14.5. The number of nitrogens with two attached hydrogens (primary N) is 1. The van der Waals surface area contributed by atoms with E-state index < -0.39 is 12.1 Å². The van der Waals surface area contributed by atoms with Crippen molar-refractivity contribution in [3.63, 3.8) is 0 Å². The van der Waals surface area contributed by atoms with Crippen LogP contribution in [0.5, 0.6) is 0 Å². The Morgan fingerprint density at radius 3 is 2.65 bits per heavy atom. The summed E-state index contributed by atoms with van der Waals surface area (Å²) < 4.78 is 1.43. The molecule has 2 atom stereocenters. The molecule has 6 heteroatoms. The van der Waals surface area contributed by atoms with Crippen LogP contribution in [0.2, 0.25) is 0 Å². The molecule has 0 spiro atoms. The lowest BCUT2D eigenvalue weighted by molar-refractivity contribution is 0.132. The van der Waals surface area contributed by atoms with Gasteiger partial charge in [0.2, 0.25) is 0 Å². The first-order valence-electron chi connectivity index (χ1n) is 5.38. The first kappa shape index (κ1) is 11.7. The molecule has 0 bridgehead atoms. The average Bonchev–Trinajstić information content (AvgIpc) is 2.76. The summed E-state index contributed by atoms with van der Waals surface area (Å²) in [5, 5.41) is 20.9. The van der Waals surface area contributed by atoms with Crippen LogP contribution in [0.15, 0.2) is 30.3 Å². The van der Waals surface area contributed by atoms with E-state index in [1.807, 2.05) is 30.3 Å². The molecule has 1 aromatic carbocycles. The van der Waals surface area contributed by atoms with E-state index in [4.69, 9.17) is 5.73 Å². The molecule has 0 aliphatic carbocycles. The Balaban J connectivity index is 2.06. The minimum Gasteiger partial charge on any atom is -0.383 e. The summed E-state index contributed by atoms with van der Waals surface area (Å²) in [6.45, 7) is 0. The molecule has 0 aliphatic heterocycles. The van der Waals surface area contributed by atoms with Crippen molar-refractivity contribution in [2.45, 2.75) is 18.6 Å². The Morgan fingerprint density at radius 2 is 2.06 bits per heavy atom. The highest BCUT2D eigenvalue weighted by Gasteiger charge is 2.22. The maximum absolute atomic E-state index is 10.0. The monoisotopic (exact) mass is 233 g/mol. The summed E-state index contributed by atoms with van der Waals surface area (Å²) in [5.74, 6) is 0.383. The van der Waals surface area contributed by atoms with E-state index in [0.717, 1.165) is 5.56 Å². The lowest BCUT2D eigenvalue weighted by Crippen LogP contribution is -2.32. The average molecular weight is 233 g/mol. The zero-order chi connectivity index (χ0) is 12.3. The van der Waals surface area contributed by atoms with Gasteiger partial charge in [-0.25, -0.2) is 4.68 Å². The number of rotatable bonds is 4. The van der Waals surface area contributed by atoms with Gasteiger partial charge < -0.3 is 10.8 Å². The van der Waals surface area contributed by atoms with Crippen LogP contribution in [0.25, 0.3) is 0 Å². The third-order valence-electron chi connectivity index (χ3n) is 2.64. The van der Waals surface area contributed by atoms with Gasteiger partial charge in [0.1, 0.15) is 6.10 Å². The van der Waals surface area contributed by atoms with Crippen molar-refractivity contribution in [3.05, 3.63) is 41.7 Å². The van der Waals surface area contributed by atoms with Crippen LogP contribution in [0.3, 0.4) is 0 Å². The van der Waals surface area contributed by atoms with Crippen molar-refractivity contribution in [2.24, 2.45) is 12.8 Å². The molecule has 0 fully saturated rings. The highest BCUT2D eigenvalue weighted by Crippen LogP contribution is 2.14. The zero-order valence-corrected chi connectivity index (χ0v) is 9.56. The molecule has 1 aromatic heterocycles. The lowest BCUT2D eigenvalue weighted by Gasteiger charge is -2.17. The number of tetrazole rings is 1. The highest BCUT2D eigenvalue weighted by atomic mass is 16.3. The first-order valence-corrected chi connectivity index (χ1v) is 5.38. The molecule has 1 heterocycles. The summed E-state index contributed by atoms with van der Waals surface area (Å²) in [6, 6.07) is 9.35. The topological polar surface area (TPSA) is 89.8 Å². The standard InChI is InChI=1S/C11H15N5O/c1-16-11(13-14-15-16)10(17)9(12)7-8-5-3-2-4-6-8/h2-6,9-10,17H,7,12H2,1H3. The van der Waals surface area contributed by atoms with Gasteiger partial charge in [0.05, 0.1) is 0 Å². The van der Waals surface area contributed by atoms with Crippen molar-refractivity contribution >= 4 is 0 Å². The van der Waals surface area contributed by atoms with Crippen LogP contribution in [0, 0.1) is 0 Å². The Bertz CT molecular complexity index is 470.